The van der Waals surface area contributed by atoms with Gasteiger partial charge in [0.2, 0.25) is 0 Å². The Morgan fingerprint density at radius 2 is 1.62 bits per heavy atom. The summed E-state index contributed by atoms with van der Waals surface area (Å²) in [5.41, 5.74) is 2.84. The van der Waals surface area contributed by atoms with Gasteiger partial charge in [0.25, 0.3) is 0 Å². The van der Waals surface area contributed by atoms with Crippen LogP contribution in [0.15, 0.2) is 36.0 Å². The molecule has 3 aliphatic carbocycles. The van der Waals surface area contributed by atoms with Crippen LogP contribution >= 0.6 is 0 Å². The van der Waals surface area contributed by atoms with Gasteiger partial charge in [0.1, 0.15) is 0 Å². The molecule has 2 fully saturated rings. The topological polar surface area (TPSA) is 20.2 Å². The Kier molecular flexibility index (Phi) is 12.5. The molecule has 4 unspecified atom stereocenters. The van der Waals surface area contributed by atoms with E-state index in [1.807, 2.05) is 0 Å². The number of allylic oxidation sites excluding steroid dienone is 5. The molecule has 0 bridgehead atoms. The maximum Gasteiger partial charge on any atom is 0.0462 e. The summed E-state index contributed by atoms with van der Waals surface area (Å²) in [7, 11) is 0. The molecule has 0 amide bonds. The van der Waals surface area contributed by atoms with Crippen molar-refractivity contribution >= 4 is 0 Å². The van der Waals surface area contributed by atoms with Crippen molar-refractivity contribution in [3.05, 3.63) is 36.0 Å². The summed E-state index contributed by atoms with van der Waals surface area (Å²) in [5, 5.41) is 9.55. The summed E-state index contributed by atoms with van der Waals surface area (Å²) in [6.07, 6.45) is 32.6. The van der Waals surface area contributed by atoms with Crippen LogP contribution in [-0.2, 0) is 0 Å². The molecule has 0 saturated heterocycles. The molecule has 4 atom stereocenters. The van der Waals surface area contributed by atoms with Crippen LogP contribution in [-0.4, -0.2) is 11.7 Å². The van der Waals surface area contributed by atoms with Crippen LogP contribution in [0.25, 0.3) is 0 Å². The molecule has 0 spiro atoms. The molecule has 1 N–H and O–H groups in total. The average molecular weight is 469 g/mol. The molecule has 1 nitrogen and oxygen atoms in total. The number of rotatable bonds is 15. The van der Waals surface area contributed by atoms with E-state index in [0.29, 0.717) is 12.5 Å². The summed E-state index contributed by atoms with van der Waals surface area (Å²) in [5.74, 6) is 5.10. The van der Waals surface area contributed by atoms with Crippen molar-refractivity contribution in [2.75, 3.05) is 6.61 Å². The van der Waals surface area contributed by atoms with E-state index in [9.17, 15) is 5.11 Å². The molecular formula is C33H56O. The average Bonchev–Trinajstić information content (AvgIpc) is 2.85. The van der Waals surface area contributed by atoms with Gasteiger partial charge in [-0.3, -0.25) is 0 Å². The third kappa shape index (κ3) is 9.67. The predicted octanol–water partition coefficient (Wildman–Crippen LogP) is 9.82. The van der Waals surface area contributed by atoms with Gasteiger partial charge in [0, 0.05) is 6.61 Å². The van der Waals surface area contributed by atoms with Crippen LogP contribution in [0.5, 0.6) is 0 Å². The molecule has 0 aromatic heterocycles. The van der Waals surface area contributed by atoms with E-state index in [-0.39, 0.29) is 0 Å². The van der Waals surface area contributed by atoms with Gasteiger partial charge in [0.05, 0.1) is 0 Å². The van der Waals surface area contributed by atoms with E-state index >= 15 is 0 Å². The van der Waals surface area contributed by atoms with Crippen molar-refractivity contribution < 1.29 is 5.11 Å². The van der Waals surface area contributed by atoms with E-state index in [4.69, 9.17) is 0 Å². The van der Waals surface area contributed by atoms with Crippen molar-refractivity contribution in [3.8, 4) is 0 Å². The highest BCUT2D eigenvalue weighted by atomic mass is 16.3. The second kappa shape index (κ2) is 15.3. The standard InChI is InChI=1S/C33H56O/c1-4-5-6-10-29-18-20-33-24-30(19-21-32(33)23-29)17-16-28-14-12-27(13-15-28)9-7-8-11-31(25-34)22-26(2)3/h18,20,23,27-28,30-34H,2,4-17,19,21-22,24-25H2,1,3H3. The van der Waals surface area contributed by atoms with E-state index in [2.05, 4.69) is 38.7 Å². The smallest absolute Gasteiger partial charge is 0.0462 e. The van der Waals surface area contributed by atoms with Gasteiger partial charge in [0.15, 0.2) is 0 Å². The SMILES string of the molecule is C=C(C)CC(CO)CCCCC1CCC(CCC2CCC3C=C(CCCCC)C=CC3C2)CC1. The molecule has 0 aliphatic heterocycles. The zero-order valence-electron chi connectivity index (χ0n) is 22.8. The molecule has 0 aromatic carbocycles. The molecule has 0 aromatic rings. The zero-order valence-corrected chi connectivity index (χ0v) is 22.8. The highest BCUT2D eigenvalue weighted by Gasteiger charge is 2.30. The van der Waals surface area contributed by atoms with Crippen LogP contribution in [0.3, 0.4) is 0 Å². The molecule has 34 heavy (non-hydrogen) atoms. The van der Waals surface area contributed by atoms with Crippen LogP contribution in [0.1, 0.15) is 129 Å². The van der Waals surface area contributed by atoms with Crippen LogP contribution in [0, 0.1) is 35.5 Å². The summed E-state index contributed by atoms with van der Waals surface area (Å²) in [6.45, 7) is 8.73. The minimum Gasteiger partial charge on any atom is -0.396 e. The van der Waals surface area contributed by atoms with Gasteiger partial charge < -0.3 is 5.11 Å². The molecular weight excluding hydrogens is 412 g/mol. The zero-order chi connectivity index (χ0) is 24.2. The number of hydrogen-bond donors (Lipinski definition) is 1. The summed E-state index contributed by atoms with van der Waals surface area (Å²) in [6, 6.07) is 0. The summed E-state index contributed by atoms with van der Waals surface area (Å²) >= 11 is 0. The fourth-order valence-electron chi connectivity index (χ4n) is 7.23. The van der Waals surface area contributed by atoms with Crippen molar-refractivity contribution in [2.45, 2.75) is 129 Å². The Balaban J connectivity index is 1.25. The number of fused-ring (bicyclic) bond motifs is 1. The second-order valence-electron chi connectivity index (χ2n) is 12.5. The highest BCUT2D eigenvalue weighted by Crippen LogP contribution is 2.42. The van der Waals surface area contributed by atoms with Gasteiger partial charge in [-0.05, 0) is 87.4 Å². The van der Waals surface area contributed by atoms with Gasteiger partial charge in [-0.1, -0.05) is 107 Å². The first-order valence-electron chi connectivity index (χ1n) is 15.2. The molecule has 2 saturated carbocycles. The van der Waals surface area contributed by atoms with Crippen LogP contribution in [0.4, 0.5) is 0 Å². The lowest BCUT2D eigenvalue weighted by Gasteiger charge is -2.36. The van der Waals surface area contributed by atoms with Crippen molar-refractivity contribution in [1.29, 1.82) is 0 Å². The Hall–Kier alpha value is -0.820. The molecule has 194 valence electrons. The third-order valence-corrected chi connectivity index (χ3v) is 9.44. The molecule has 0 radical (unpaired) electrons. The normalized spacial score (nSPS) is 30.0. The van der Waals surface area contributed by atoms with Crippen LogP contribution in [0.2, 0.25) is 0 Å². The number of aliphatic hydroxyl groups is 1. The van der Waals surface area contributed by atoms with Crippen molar-refractivity contribution in [1.82, 2.24) is 0 Å². The first-order chi connectivity index (χ1) is 16.6. The molecule has 3 aliphatic rings. The van der Waals surface area contributed by atoms with Gasteiger partial charge in [-0.15, -0.1) is 6.58 Å². The quantitative estimate of drug-likeness (QED) is 0.187. The van der Waals surface area contributed by atoms with E-state index < -0.39 is 0 Å². The summed E-state index contributed by atoms with van der Waals surface area (Å²) < 4.78 is 0. The first kappa shape index (κ1) is 27.8. The molecule has 1 heteroatoms. The lowest BCUT2D eigenvalue weighted by Crippen LogP contribution is -2.25. The Morgan fingerprint density at radius 1 is 0.912 bits per heavy atom. The minimum atomic E-state index is 0.327. The maximum absolute atomic E-state index is 9.55. The van der Waals surface area contributed by atoms with Crippen molar-refractivity contribution in [2.24, 2.45) is 35.5 Å². The Bertz CT molecular complexity index is 635. The fourth-order valence-corrected chi connectivity index (χ4v) is 7.23. The summed E-state index contributed by atoms with van der Waals surface area (Å²) in [4.78, 5) is 0. The molecule has 3 rings (SSSR count). The lowest BCUT2D eigenvalue weighted by molar-refractivity contribution is 0.197. The van der Waals surface area contributed by atoms with Gasteiger partial charge in [-0.25, -0.2) is 0 Å². The van der Waals surface area contributed by atoms with E-state index in [1.54, 1.807) is 5.57 Å². The largest absolute Gasteiger partial charge is 0.396 e. The van der Waals surface area contributed by atoms with Crippen molar-refractivity contribution in [3.63, 3.8) is 0 Å². The maximum atomic E-state index is 9.55. The Labute approximate surface area is 212 Å². The van der Waals surface area contributed by atoms with E-state index in [1.165, 1.54) is 115 Å². The highest BCUT2D eigenvalue weighted by molar-refractivity contribution is 5.26. The van der Waals surface area contributed by atoms with E-state index in [0.717, 1.165) is 36.0 Å². The number of unbranched alkanes of at least 4 members (excludes halogenated alkanes) is 3. The third-order valence-electron chi connectivity index (χ3n) is 9.44. The lowest BCUT2D eigenvalue weighted by atomic mass is 9.69. The Morgan fingerprint density at radius 3 is 2.32 bits per heavy atom. The van der Waals surface area contributed by atoms with Gasteiger partial charge in [-0.2, -0.15) is 0 Å². The fraction of sp³-hybridized carbons (Fsp3) is 0.818. The first-order valence-corrected chi connectivity index (χ1v) is 15.2. The number of aliphatic hydroxyl groups excluding tert-OH is 1. The monoisotopic (exact) mass is 468 g/mol. The number of hydrogen-bond acceptors (Lipinski definition) is 1. The second-order valence-corrected chi connectivity index (χ2v) is 12.5. The van der Waals surface area contributed by atoms with Crippen LogP contribution < -0.4 is 0 Å². The minimum absolute atomic E-state index is 0.327. The van der Waals surface area contributed by atoms with Gasteiger partial charge >= 0.3 is 0 Å². The molecule has 0 heterocycles. The predicted molar refractivity (Wildman–Crippen MR) is 149 cm³/mol.